The van der Waals surface area contributed by atoms with Crippen LogP contribution in [0.15, 0.2) is 103 Å². The predicted molar refractivity (Wildman–Crippen MR) is 149 cm³/mol. The van der Waals surface area contributed by atoms with E-state index in [4.69, 9.17) is 9.84 Å². The maximum atomic E-state index is 13.9. The lowest BCUT2D eigenvalue weighted by Crippen LogP contribution is -2.10. The number of benzene rings is 4. The fourth-order valence-corrected chi connectivity index (χ4v) is 4.56. The molecular formula is C32H23F3N2O4. The number of halogens is 3. The second-order valence-electron chi connectivity index (χ2n) is 9.21. The molecule has 0 saturated heterocycles. The lowest BCUT2D eigenvalue weighted by atomic mass is 9.91. The van der Waals surface area contributed by atoms with Gasteiger partial charge in [0.2, 0.25) is 0 Å². The van der Waals surface area contributed by atoms with E-state index in [2.05, 4.69) is 10.3 Å². The molecular weight excluding hydrogens is 533 g/mol. The van der Waals surface area contributed by atoms with Crippen molar-refractivity contribution in [3.63, 3.8) is 0 Å². The zero-order chi connectivity index (χ0) is 29.0. The number of fused-ring (bicyclic) bond motifs is 1. The summed E-state index contributed by atoms with van der Waals surface area (Å²) in [5, 5.41) is 12.3. The van der Waals surface area contributed by atoms with Gasteiger partial charge < -0.3 is 15.2 Å². The van der Waals surface area contributed by atoms with Gasteiger partial charge in [-0.05, 0) is 41.5 Å². The summed E-state index contributed by atoms with van der Waals surface area (Å²) in [5.41, 5.74) is 1.83. The summed E-state index contributed by atoms with van der Waals surface area (Å²) < 4.78 is 46.8. The van der Waals surface area contributed by atoms with Crippen molar-refractivity contribution in [3.05, 3.63) is 126 Å². The molecule has 1 heterocycles. The maximum absolute atomic E-state index is 13.9. The van der Waals surface area contributed by atoms with E-state index in [0.717, 1.165) is 11.6 Å². The number of carboxylic acid groups (broad SMARTS) is 1. The lowest BCUT2D eigenvalue weighted by molar-refractivity contribution is -0.139. The molecule has 1 aromatic heterocycles. The molecule has 206 valence electrons. The minimum absolute atomic E-state index is 0.184. The van der Waals surface area contributed by atoms with E-state index in [-0.39, 0.29) is 22.2 Å². The molecule has 9 heteroatoms. The third-order valence-corrected chi connectivity index (χ3v) is 6.39. The summed E-state index contributed by atoms with van der Waals surface area (Å²) in [6.45, 7) is -0.0995. The number of aliphatic carboxylic acids is 1. The molecule has 0 fully saturated rings. The number of ether oxygens (including phenoxy) is 1. The molecule has 0 amide bonds. The van der Waals surface area contributed by atoms with Crippen molar-refractivity contribution in [2.45, 2.75) is 12.7 Å². The van der Waals surface area contributed by atoms with E-state index in [9.17, 15) is 22.8 Å². The van der Waals surface area contributed by atoms with Crippen molar-refractivity contribution in [2.24, 2.45) is 0 Å². The molecule has 0 spiro atoms. The van der Waals surface area contributed by atoms with Crippen LogP contribution < -0.4 is 10.1 Å². The molecule has 0 aliphatic heterocycles. The number of ketones is 1. The van der Waals surface area contributed by atoms with E-state index in [1.165, 1.54) is 18.3 Å². The first kappa shape index (κ1) is 27.4. The minimum atomic E-state index is -4.62. The highest BCUT2D eigenvalue weighted by Crippen LogP contribution is 2.39. The van der Waals surface area contributed by atoms with Gasteiger partial charge in [0, 0.05) is 40.5 Å². The number of pyridine rings is 1. The highest BCUT2D eigenvalue weighted by atomic mass is 19.4. The molecule has 0 atom stereocenters. The smallest absolute Gasteiger partial charge is 0.418 e. The minimum Gasteiger partial charge on any atom is -0.482 e. The van der Waals surface area contributed by atoms with Crippen LogP contribution in [0.2, 0.25) is 0 Å². The highest BCUT2D eigenvalue weighted by molar-refractivity contribution is 6.16. The SMILES string of the molecule is O=C(O)COc1cccc(CNc2cccc(-c3c(C(=O)c4ccccc4)cnc4c(C(F)(F)F)cccc34)c2)c1. The number of carbonyl (C=O) groups is 2. The number of hydrogen-bond donors (Lipinski definition) is 2. The van der Waals surface area contributed by atoms with Gasteiger partial charge in [-0.25, -0.2) is 4.79 Å². The molecule has 5 aromatic rings. The van der Waals surface area contributed by atoms with Crippen LogP contribution in [0.5, 0.6) is 5.75 Å². The number of nitrogens with zero attached hydrogens (tertiary/aromatic N) is 1. The summed E-state index contributed by atoms with van der Waals surface area (Å²) in [7, 11) is 0. The largest absolute Gasteiger partial charge is 0.482 e. The zero-order valence-electron chi connectivity index (χ0n) is 21.5. The average molecular weight is 557 g/mol. The van der Waals surface area contributed by atoms with Crippen LogP contribution in [0.3, 0.4) is 0 Å². The second kappa shape index (κ2) is 11.5. The van der Waals surface area contributed by atoms with E-state index in [0.29, 0.717) is 34.7 Å². The first-order valence-corrected chi connectivity index (χ1v) is 12.6. The summed E-state index contributed by atoms with van der Waals surface area (Å²) >= 11 is 0. The maximum Gasteiger partial charge on any atom is 0.418 e. The Kier molecular flexibility index (Phi) is 7.69. The normalized spacial score (nSPS) is 11.3. The molecule has 0 aliphatic rings. The van der Waals surface area contributed by atoms with Gasteiger partial charge in [0.25, 0.3) is 0 Å². The number of alkyl halides is 3. The first-order valence-electron chi connectivity index (χ1n) is 12.6. The van der Waals surface area contributed by atoms with Gasteiger partial charge in [-0.2, -0.15) is 13.2 Å². The fraction of sp³-hybridized carbons (Fsp3) is 0.0938. The fourth-order valence-electron chi connectivity index (χ4n) is 4.56. The predicted octanol–water partition coefficient (Wildman–Crippen LogP) is 7.23. The number of hydrogen-bond acceptors (Lipinski definition) is 5. The number of rotatable bonds is 9. The third kappa shape index (κ3) is 6.19. The third-order valence-electron chi connectivity index (χ3n) is 6.39. The topological polar surface area (TPSA) is 88.5 Å². The van der Waals surface area contributed by atoms with Crippen LogP contribution in [-0.2, 0) is 17.5 Å². The number of anilines is 1. The van der Waals surface area contributed by atoms with Gasteiger partial charge in [0.05, 0.1) is 11.1 Å². The van der Waals surface area contributed by atoms with Gasteiger partial charge in [-0.1, -0.05) is 66.7 Å². The molecule has 0 saturated carbocycles. The summed E-state index contributed by atoms with van der Waals surface area (Å²) in [4.78, 5) is 28.5. The van der Waals surface area contributed by atoms with Crippen molar-refractivity contribution in [2.75, 3.05) is 11.9 Å². The zero-order valence-corrected chi connectivity index (χ0v) is 21.5. The van der Waals surface area contributed by atoms with Crippen LogP contribution >= 0.6 is 0 Å². The summed E-state index contributed by atoms with van der Waals surface area (Å²) in [6.07, 6.45) is -3.41. The van der Waals surface area contributed by atoms with Gasteiger partial charge in [-0.3, -0.25) is 9.78 Å². The Morgan fingerprint density at radius 3 is 2.39 bits per heavy atom. The molecule has 6 nitrogen and oxygen atoms in total. The molecule has 2 N–H and O–H groups in total. The number of nitrogens with one attached hydrogen (secondary N) is 1. The molecule has 0 radical (unpaired) electrons. The van der Waals surface area contributed by atoms with E-state index in [1.54, 1.807) is 72.8 Å². The summed E-state index contributed by atoms with van der Waals surface area (Å²) in [5.74, 6) is -1.03. The molecule has 0 aliphatic carbocycles. The molecule has 5 rings (SSSR count). The number of para-hydroxylation sites is 1. The van der Waals surface area contributed by atoms with Crippen LogP contribution in [0.25, 0.3) is 22.0 Å². The quantitative estimate of drug-likeness (QED) is 0.186. The van der Waals surface area contributed by atoms with Gasteiger partial charge in [0.15, 0.2) is 12.4 Å². The first-order chi connectivity index (χ1) is 19.7. The van der Waals surface area contributed by atoms with Gasteiger partial charge in [0.1, 0.15) is 5.75 Å². The number of carboxylic acids is 1. The van der Waals surface area contributed by atoms with Crippen molar-refractivity contribution < 1.29 is 32.6 Å². The van der Waals surface area contributed by atoms with Crippen LogP contribution in [0.1, 0.15) is 27.0 Å². The Bertz CT molecular complexity index is 1740. The molecule has 41 heavy (non-hydrogen) atoms. The van der Waals surface area contributed by atoms with Crippen molar-refractivity contribution in [1.82, 2.24) is 4.98 Å². The second-order valence-corrected chi connectivity index (χ2v) is 9.21. The van der Waals surface area contributed by atoms with E-state index in [1.807, 2.05) is 6.07 Å². The Morgan fingerprint density at radius 1 is 0.878 bits per heavy atom. The van der Waals surface area contributed by atoms with Crippen LogP contribution in [0, 0.1) is 0 Å². The van der Waals surface area contributed by atoms with Crippen molar-refractivity contribution in [1.29, 1.82) is 0 Å². The standard InChI is InChI=1S/C32H23F3N2O4/c33-32(34,35)27-14-6-13-25-29(26(18-37-30(25)27)31(40)21-8-2-1-3-9-21)22-10-5-11-23(16-22)36-17-20-7-4-12-24(15-20)41-19-28(38)39/h1-16,18,36H,17,19H2,(H,38,39). The Balaban J connectivity index is 1.55. The van der Waals surface area contributed by atoms with Crippen LogP contribution in [0.4, 0.5) is 18.9 Å². The molecule has 4 aromatic carbocycles. The van der Waals surface area contributed by atoms with Gasteiger partial charge in [-0.15, -0.1) is 0 Å². The molecule has 0 unspecified atom stereocenters. The van der Waals surface area contributed by atoms with E-state index < -0.39 is 24.3 Å². The van der Waals surface area contributed by atoms with Crippen LogP contribution in [-0.4, -0.2) is 28.4 Å². The Morgan fingerprint density at radius 2 is 1.63 bits per heavy atom. The summed E-state index contributed by atoms with van der Waals surface area (Å²) in [6, 6.07) is 26.3. The average Bonchev–Trinajstić information content (AvgIpc) is 2.98. The number of aromatic nitrogens is 1. The molecule has 0 bridgehead atoms. The van der Waals surface area contributed by atoms with Crippen molar-refractivity contribution in [3.8, 4) is 16.9 Å². The Labute approximate surface area is 233 Å². The Hall–Kier alpha value is -5.18. The van der Waals surface area contributed by atoms with E-state index >= 15 is 0 Å². The van der Waals surface area contributed by atoms with Gasteiger partial charge >= 0.3 is 12.1 Å². The van der Waals surface area contributed by atoms with Crippen molar-refractivity contribution >= 4 is 28.3 Å². The number of carbonyl (C=O) groups excluding carboxylic acids is 1. The highest BCUT2D eigenvalue weighted by Gasteiger charge is 2.34. The lowest BCUT2D eigenvalue weighted by Gasteiger charge is -2.17. The monoisotopic (exact) mass is 556 g/mol.